The van der Waals surface area contributed by atoms with Gasteiger partial charge in [0.25, 0.3) is 5.69 Å². The lowest BCUT2D eigenvalue weighted by Gasteiger charge is -2.13. The van der Waals surface area contributed by atoms with Gasteiger partial charge in [-0.15, -0.1) is 0 Å². The van der Waals surface area contributed by atoms with E-state index in [0.717, 1.165) is 11.8 Å². The summed E-state index contributed by atoms with van der Waals surface area (Å²) in [4.78, 5) is 9.84. The SMILES string of the molecule is CC(Nc1ccc([N+](=O)[O-])cc1F)c1ccn[nH]1. The quantitative estimate of drug-likeness (QED) is 0.645. The minimum absolute atomic E-state index is 0.177. The second-order valence-corrected chi connectivity index (χ2v) is 3.80. The largest absolute Gasteiger partial charge is 0.375 e. The van der Waals surface area contributed by atoms with Gasteiger partial charge in [-0.1, -0.05) is 0 Å². The van der Waals surface area contributed by atoms with Crippen molar-refractivity contribution in [3.05, 3.63) is 52.1 Å². The average Bonchev–Trinajstić information content (AvgIpc) is 2.85. The van der Waals surface area contributed by atoms with Gasteiger partial charge in [0.1, 0.15) is 0 Å². The molecule has 0 saturated heterocycles. The van der Waals surface area contributed by atoms with Crippen LogP contribution in [-0.4, -0.2) is 15.1 Å². The van der Waals surface area contributed by atoms with Crippen LogP contribution in [0.25, 0.3) is 0 Å². The molecule has 1 aromatic carbocycles. The molecule has 94 valence electrons. The smallest absolute Gasteiger partial charge is 0.272 e. The van der Waals surface area contributed by atoms with Crippen LogP contribution in [0.2, 0.25) is 0 Å². The fraction of sp³-hybridized carbons (Fsp3) is 0.182. The summed E-state index contributed by atoms with van der Waals surface area (Å²) < 4.78 is 13.6. The van der Waals surface area contributed by atoms with Crippen molar-refractivity contribution in [2.45, 2.75) is 13.0 Å². The van der Waals surface area contributed by atoms with E-state index in [9.17, 15) is 14.5 Å². The lowest BCUT2D eigenvalue weighted by atomic mass is 10.2. The van der Waals surface area contributed by atoms with Crippen LogP contribution < -0.4 is 5.32 Å². The number of nitrogens with one attached hydrogen (secondary N) is 2. The molecule has 1 aromatic heterocycles. The number of aromatic nitrogens is 2. The molecule has 2 rings (SSSR count). The predicted octanol–water partition coefficient (Wildman–Crippen LogP) is 2.63. The van der Waals surface area contributed by atoms with Gasteiger partial charge < -0.3 is 5.32 Å². The van der Waals surface area contributed by atoms with Crippen LogP contribution in [0, 0.1) is 15.9 Å². The minimum Gasteiger partial charge on any atom is -0.375 e. The maximum atomic E-state index is 13.6. The molecule has 0 bridgehead atoms. The first-order chi connectivity index (χ1) is 8.58. The van der Waals surface area contributed by atoms with Crippen molar-refractivity contribution in [1.29, 1.82) is 0 Å². The molecule has 0 spiro atoms. The summed E-state index contributed by atoms with van der Waals surface area (Å²) in [5, 5.41) is 19.9. The van der Waals surface area contributed by atoms with E-state index in [1.807, 2.05) is 6.92 Å². The first-order valence-corrected chi connectivity index (χ1v) is 5.27. The van der Waals surface area contributed by atoms with Crippen molar-refractivity contribution in [3.8, 4) is 0 Å². The zero-order chi connectivity index (χ0) is 13.1. The van der Waals surface area contributed by atoms with Crippen LogP contribution in [0.3, 0.4) is 0 Å². The first kappa shape index (κ1) is 12.0. The highest BCUT2D eigenvalue weighted by Crippen LogP contribution is 2.24. The second kappa shape index (κ2) is 4.82. The van der Waals surface area contributed by atoms with Gasteiger partial charge in [0.05, 0.1) is 28.4 Å². The Morgan fingerprint density at radius 3 is 2.83 bits per heavy atom. The van der Waals surface area contributed by atoms with E-state index in [1.165, 1.54) is 12.1 Å². The van der Waals surface area contributed by atoms with E-state index in [2.05, 4.69) is 15.5 Å². The van der Waals surface area contributed by atoms with Crippen molar-refractivity contribution in [2.24, 2.45) is 0 Å². The van der Waals surface area contributed by atoms with E-state index < -0.39 is 10.7 Å². The predicted molar refractivity (Wildman–Crippen MR) is 63.7 cm³/mol. The van der Waals surface area contributed by atoms with E-state index in [0.29, 0.717) is 0 Å². The number of anilines is 1. The fourth-order valence-corrected chi connectivity index (χ4v) is 1.55. The number of non-ortho nitro benzene ring substituents is 1. The zero-order valence-corrected chi connectivity index (χ0v) is 9.55. The third kappa shape index (κ3) is 2.45. The van der Waals surface area contributed by atoms with E-state index in [4.69, 9.17) is 0 Å². The summed E-state index contributed by atoms with van der Waals surface area (Å²) in [5.41, 5.74) is 0.739. The molecule has 0 amide bonds. The van der Waals surface area contributed by atoms with Crippen molar-refractivity contribution >= 4 is 11.4 Å². The Morgan fingerprint density at radius 2 is 2.28 bits per heavy atom. The highest BCUT2D eigenvalue weighted by molar-refractivity contribution is 5.51. The van der Waals surface area contributed by atoms with Gasteiger partial charge in [0, 0.05) is 12.3 Å². The van der Waals surface area contributed by atoms with Crippen LogP contribution in [0.1, 0.15) is 18.7 Å². The maximum Gasteiger partial charge on any atom is 0.272 e. The standard InChI is InChI=1S/C11H11FN4O2/c1-7(10-4-5-13-15-10)14-11-3-2-8(16(17)18)6-9(11)12/h2-7,14H,1H3,(H,13,15). The molecule has 2 N–H and O–H groups in total. The Bertz CT molecular complexity index is 556. The molecule has 1 atom stereocenters. The Balaban J connectivity index is 2.17. The average molecular weight is 250 g/mol. The van der Waals surface area contributed by atoms with Crippen LogP contribution >= 0.6 is 0 Å². The normalized spacial score (nSPS) is 12.1. The molecule has 18 heavy (non-hydrogen) atoms. The van der Waals surface area contributed by atoms with Crippen molar-refractivity contribution < 1.29 is 9.31 Å². The zero-order valence-electron chi connectivity index (χ0n) is 9.55. The number of hydrogen-bond acceptors (Lipinski definition) is 4. The molecule has 2 aromatic rings. The topological polar surface area (TPSA) is 83.8 Å². The number of nitrogens with zero attached hydrogens (tertiary/aromatic N) is 2. The monoisotopic (exact) mass is 250 g/mol. The number of halogens is 1. The van der Waals surface area contributed by atoms with Gasteiger partial charge in [0.15, 0.2) is 5.82 Å². The van der Waals surface area contributed by atoms with Gasteiger partial charge in [-0.05, 0) is 19.1 Å². The van der Waals surface area contributed by atoms with Crippen LogP contribution in [-0.2, 0) is 0 Å². The number of aromatic amines is 1. The number of benzene rings is 1. The van der Waals surface area contributed by atoms with E-state index in [1.54, 1.807) is 12.3 Å². The molecule has 0 saturated carbocycles. The number of nitro groups is 1. The lowest BCUT2D eigenvalue weighted by molar-refractivity contribution is -0.385. The fourth-order valence-electron chi connectivity index (χ4n) is 1.55. The highest BCUT2D eigenvalue weighted by atomic mass is 19.1. The number of H-pyrrole nitrogens is 1. The molecule has 0 aliphatic carbocycles. The molecule has 6 nitrogen and oxygen atoms in total. The molecular formula is C11H11FN4O2. The number of rotatable bonds is 4. The molecule has 1 unspecified atom stereocenters. The number of nitro benzene ring substituents is 1. The Kier molecular flexibility index (Phi) is 3.22. The van der Waals surface area contributed by atoms with Crippen molar-refractivity contribution in [2.75, 3.05) is 5.32 Å². The molecule has 0 radical (unpaired) electrons. The summed E-state index contributed by atoms with van der Waals surface area (Å²) in [6.45, 7) is 1.83. The van der Waals surface area contributed by atoms with Crippen LogP contribution in [0.5, 0.6) is 0 Å². The van der Waals surface area contributed by atoms with Crippen LogP contribution in [0.15, 0.2) is 30.5 Å². The van der Waals surface area contributed by atoms with Crippen molar-refractivity contribution in [3.63, 3.8) is 0 Å². The Labute approximate surface area is 102 Å². The van der Waals surface area contributed by atoms with Crippen LogP contribution in [0.4, 0.5) is 15.8 Å². The maximum absolute atomic E-state index is 13.6. The summed E-state index contributed by atoms with van der Waals surface area (Å²) in [6, 6.07) is 5.08. The van der Waals surface area contributed by atoms with Gasteiger partial charge in [-0.3, -0.25) is 15.2 Å². The molecule has 7 heteroatoms. The van der Waals surface area contributed by atoms with Gasteiger partial charge in [-0.2, -0.15) is 5.10 Å². The Hall–Kier alpha value is -2.44. The lowest BCUT2D eigenvalue weighted by Crippen LogP contribution is -2.08. The minimum atomic E-state index is -0.657. The van der Waals surface area contributed by atoms with Crippen molar-refractivity contribution in [1.82, 2.24) is 10.2 Å². The third-order valence-corrected chi connectivity index (χ3v) is 2.52. The van der Waals surface area contributed by atoms with E-state index in [-0.39, 0.29) is 17.4 Å². The van der Waals surface area contributed by atoms with E-state index >= 15 is 0 Å². The summed E-state index contributed by atoms with van der Waals surface area (Å²) in [5.74, 6) is -0.657. The summed E-state index contributed by atoms with van der Waals surface area (Å²) >= 11 is 0. The van der Waals surface area contributed by atoms with Gasteiger partial charge >= 0.3 is 0 Å². The summed E-state index contributed by atoms with van der Waals surface area (Å²) in [6.07, 6.45) is 1.60. The van der Waals surface area contributed by atoms with Gasteiger partial charge in [-0.25, -0.2) is 4.39 Å². The highest BCUT2D eigenvalue weighted by Gasteiger charge is 2.13. The third-order valence-electron chi connectivity index (χ3n) is 2.52. The molecule has 1 heterocycles. The molecular weight excluding hydrogens is 239 g/mol. The second-order valence-electron chi connectivity index (χ2n) is 3.80. The molecule has 0 aliphatic rings. The first-order valence-electron chi connectivity index (χ1n) is 5.27. The summed E-state index contributed by atoms with van der Waals surface area (Å²) in [7, 11) is 0. The Morgan fingerprint density at radius 1 is 1.50 bits per heavy atom. The number of hydrogen-bond donors (Lipinski definition) is 2. The van der Waals surface area contributed by atoms with Gasteiger partial charge in [0.2, 0.25) is 0 Å². The molecule has 0 fully saturated rings. The molecule has 0 aliphatic heterocycles.